The monoisotopic (exact) mass is 1160 g/mol. The van der Waals surface area contributed by atoms with Gasteiger partial charge in [-0.05, 0) is 102 Å². The van der Waals surface area contributed by atoms with Crippen LogP contribution in [0, 0.1) is 11.8 Å². The molecular weight excluding hydrogens is 1070 g/mol. The minimum atomic E-state index is -1.91. The third-order valence-corrected chi connectivity index (χ3v) is 13.5. The van der Waals surface area contributed by atoms with E-state index < -0.39 is 162 Å². The number of benzene rings is 1. The van der Waals surface area contributed by atoms with Crippen LogP contribution in [0.5, 0.6) is 0 Å². The number of carbonyl (C=O) groups excluding carboxylic acids is 11. The van der Waals surface area contributed by atoms with Gasteiger partial charge in [-0.3, -0.25) is 52.7 Å². The smallest absolute Gasteiger partial charge is 0.251 e. The van der Waals surface area contributed by atoms with Crippen molar-refractivity contribution in [3.05, 3.63) is 48.2 Å². The van der Waals surface area contributed by atoms with Gasteiger partial charge in [-0.2, -0.15) is 0 Å². The lowest BCUT2D eigenvalue weighted by Crippen LogP contribution is -2.62. The molecule has 1 heterocycles. The van der Waals surface area contributed by atoms with Crippen LogP contribution in [0.1, 0.15) is 90.5 Å². The Kier molecular flexibility index (Phi) is 28.7. The van der Waals surface area contributed by atoms with Gasteiger partial charge in [-0.25, -0.2) is 0 Å². The van der Waals surface area contributed by atoms with Crippen molar-refractivity contribution in [1.82, 2.24) is 58.5 Å². The van der Waals surface area contributed by atoms with Gasteiger partial charge in [0, 0.05) is 18.9 Å². The zero-order valence-corrected chi connectivity index (χ0v) is 47.0. The summed E-state index contributed by atoms with van der Waals surface area (Å²) in [5.41, 5.74) is 28.0. The lowest BCUT2D eigenvalue weighted by molar-refractivity contribution is -0.368. The Hall–Kier alpha value is -7.35. The number of nitrogens with one attached hydrogen (secondary N) is 11. The van der Waals surface area contributed by atoms with Crippen LogP contribution in [0.15, 0.2) is 42.7 Å². The van der Waals surface area contributed by atoms with Crippen molar-refractivity contribution in [2.45, 2.75) is 158 Å². The van der Waals surface area contributed by atoms with Crippen LogP contribution in [0.2, 0.25) is 0 Å². The highest BCUT2D eigenvalue weighted by Crippen LogP contribution is 2.47. The second-order valence-electron chi connectivity index (χ2n) is 20.8. The van der Waals surface area contributed by atoms with Crippen LogP contribution in [0.4, 0.5) is 0 Å². The van der Waals surface area contributed by atoms with E-state index in [1.54, 1.807) is 13.8 Å². The lowest BCUT2D eigenvalue weighted by atomic mass is 10.0. The molecule has 0 bridgehead atoms. The lowest BCUT2D eigenvalue weighted by Gasteiger charge is -2.29. The van der Waals surface area contributed by atoms with E-state index >= 15 is 0 Å². The van der Waals surface area contributed by atoms with E-state index in [4.69, 9.17) is 22.9 Å². The van der Waals surface area contributed by atoms with Crippen molar-refractivity contribution in [3.8, 4) is 0 Å². The van der Waals surface area contributed by atoms with Gasteiger partial charge < -0.3 is 102 Å². The fourth-order valence-corrected chi connectivity index (χ4v) is 8.94. The van der Waals surface area contributed by atoms with Crippen LogP contribution in [0.3, 0.4) is 0 Å². The molecule has 2 aliphatic rings. The molecule has 1 aliphatic carbocycles. The minimum Gasteiger partial charge on any atom is -0.510 e. The zero-order chi connectivity index (χ0) is 61.4. The van der Waals surface area contributed by atoms with Crippen molar-refractivity contribution in [2.24, 2.45) is 34.8 Å². The van der Waals surface area contributed by atoms with Gasteiger partial charge in [0.25, 0.3) is 5.91 Å². The minimum absolute atomic E-state index is 0.0407. The predicted octanol–water partition coefficient (Wildman–Crippen LogP) is -7.94. The first-order valence-corrected chi connectivity index (χ1v) is 27.5. The maximum absolute atomic E-state index is 14.4. The first-order valence-electron chi connectivity index (χ1n) is 27.5. The summed E-state index contributed by atoms with van der Waals surface area (Å²) in [6.45, 7) is 8.09. The van der Waals surface area contributed by atoms with E-state index in [2.05, 4.69) is 70.8 Å². The van der Waals surface area contributed by atoms with Crippen LogP contribution in [-0.4, -0.2) is 192 Å². The molecule has 0 radical (unpaired) electrons. The van der Waals surface area contributed by atoms with E-state index in [1.807, 2.05) is 30.3 Å². The molecule has 1 saturated carbocycles. The highest BCUT2D eigenvalue weighted by molar-refractivity contribution is 6.00. The Morgan fingerprint density at radius 2 is 1.17 bits per heavy atom. The number of nitrogens with two attached hydrogens (primary N) is 4. The molecule has 0 aromatic heterocycles. The standard InChI is InChI=1S/C52H86N16O14/c1-25(2)23-38-49(79)68-41(28(5)71)52(82)63-33(12-18-54)43(73)61-36(15-21-57)48(78)66-39(26(3)69)50(80)58-22-16-37(46(76)60-32(11-17-53)45(75)65-38)62-44(74)34(13-19-55)64-51(81)40(27(4)70)67-47(77)35(14-20-56)59-42(72)31-24-30(31)29-9-7-6-8-10-29/h6-10,25-27,30-41,69-71H,5,11-24,53-57H2,1-4H3,(H,58,80)(H,59,72)(H,60,76)(H,61,73)(H,62,74)(H,63,82)(H,64,81)(H,65,75)(H,66,78)(H,67,77)(H,68,79)/p+1. The summed E-state index contributed by atoms with van der Waals surface area (Å²) in [5.74, 6) is -12.1. The normalized spacial score (nSPS) is 25.3. The average Bonchev–Trinajstić information content (AvgIpc) is 4.42. The summed E-state index contributed by atoms with van der Waals surface area (Å²) in [4.78, 5) is 152. The number of aliphatic hydroxyl groups excluding tert-OH is 3. The van der Waals surface area contributed by atoms with Gasteiger partial charge in [-0.1, -0.05) is 50.8 Å². The number of quaternary nitrogens is 1. The predicted molar refractivity (Wildman–Crippen MR) is 296 cm³/mol. The molecule has 14 unspecified atom stereocenters. The van der Waals surface area contributed by atoms with Gasteiger partial charge in [-0.15, -0.1) is 0 Å². The van der Waals surface area contributed by atoms with Crippen molar-refractivity contribution in [3.63, 3.8) is 0 Å². The molecule has 458 valence electrons. The summed E-state index contributed by atoms with van der Waals surface area (Å²) in [7, 11) is 0. The molecule has 82 heavy (non-hydrogen) atoms. The molecule has 14 atom stereocenters. The molecule has 1 aromatic rings. The highest BCUT2D eigenvalue weighted by Gasteiger charge is 2.45. The molecule has 25 N–H and O–H groups in total. The van der Waals surface area contributed by atoms with Crippen LogP contribution in [0.25, 0.3) is 0 Å². The van der Waals surface area contributed by atoms with E-state index in [1.165, 1.54) is 13.8 Å². The number of aliphatic hydroxyl groups is 3. The summed E-state index contributed by atoms with van der Waals surface area (Å²) in [6.07, 6.45) is -4.09. The largest absolute Gasteiger partial charge is 0.510 e. The first-order chi connectivity index (χ1) is 38.8. The molecular formula is C52H87N16O14+. The topological polar surface area (TPSA) is 513 Å². The Morgan fingerprint density at radius 3 is 1.70 bits per heavy atom. The fourth-order valence-electron chi connectivity index (χ4n) is 8.94. The number of hydrogen-bond donors (Lipinski definition) is 19. The quantitative estimate of drug-likeness (QED) is 0.0428. The molecule has 1 saturated heterocycles. The van der Waals surface area contributed by atoms with Crippen molar-refractivity contribution < 1.29 is 73.8 Å². The van der Waals surface area contributed by atoms with Gasteiger partial charge >= 0.3 is 0 Å². The summed E-state index contributed by atoms with van der Waals surface area (Å²) in [6, 6.07) is -6.36. The Labute approximate surface area is 475 Å². The van der Waals surface area contributed by atoms with E-state index in [0.29, 0.717) is 6.42 Å². The second kappa shape index (κ2) is 34.2. The summed E-state index contributed by atoms with van der Waals surface area (Å²) >= 11 is 0. The van der Waals surface area contributed by atoms with Gasteiger partial charge in [0.2, 0.25) is 59.1 Å². The highest BCUT2D eigenvalue weighted by atomic mass is 16.3. The van der Waals surface area contributed by atoms with E-state index in [-0.39, 0.29) is 83.1 Å². The van der Waals surface area contributed by atoms with E-state index in [9.17, 15) is 68.1 Å². The molecule has 2 fully saturated rings. The van der Waals surface area contributed by atoms with Gasteiger partial charge in [0.1, 0.15) is 60.1 Å². The Balaban J connectivity index is 2.01. The van der Waals surface area contributed by atoms with Gasteiger partial charge in [0.05, 0.1) is 18.8 Å². The Morgan fingerprint density at radius 1 is 0.646 bits per heavy atom. The molecule has 30 heteroatoms. The number of carbonyl (C=O) groups is 11. The molecule has 11 amide bonds. The van der Waals surface area contributed by atoms with Crippen molar-refractivity contribution in [2.75, 3.05) is 39.3 Å². The van der Waals surface area contributed by atoms with E-state index in [0.717, 1.165) is 5.56 Å². The van der Waals surface area contributed by atoms with Crippen molar-refractivity contribution >= 4 is 65.0 Å². The molecule has 1 aromatic carbocycles. The summed E-state index contributed by atoms with van der Waals surface area (Å²) < 4.78 is 0. The number of rotatable bonds is 24. The fraction of sp³-hybridized carbons (Fsp3) is 0.635. The SMILES string of the molecule is C=C(O)C1NC(=O)C(CC(C)C)NC(=O)C(CCN)NC(=O)C(NC(=O)C(CCN)NC(=O)C(NC(=O)C(CCN)NC(=O)C2CC2c2ccccc2)C(C)O)CCNC(=O)C(C(C)O)NC(=O)C(CCN)NC(=O)C(CC[NH3+])NC1=O. The van der Waals surface area contributed by atoms with Crippen LogP contribution in [-0.2, 0) is 52.7 Å². The number of hydrogen-bond acceptors (Lipinski definition) is 18. The molecule has 0 spiro atoms. The average molecular weight is 1160 g/mol. The van der Waals surface area contributed by atoms with Crippen LogP contribution >= 0.6 is 0 Å². The maximum Gasteiger partial charge on any atom is 0.251 e. The molecule has 30 nitrogen and oxygen atoms in total. The Bertz CT molecular complexity index is 2380. The third-order valence-electron chi connectivity index (χ3n) is 13.5. The maximum atomic E-state index is 14.4. The van der Waals surface area contributed by atoms with Crippen LogP contribution < -0.4 is 87.2 Å². The van der Waals surface area contributed by atoms with Gasteiger partial charge in [0.15, 0.2) is 6.04 Å². The number of amides is 11. The third kappa shape index (κ3) is 21.5. The second-order valence-corrected chi connectivity index (χ2v) is 20.8. The zero-order valence-electron chi connectivity index (χ0n) is 47.0. The molecule has 1 aliphatic heterocycles. The first kappa shape index (κ1) is 68.9. The summed E-state index contributed by atoms with van der Waals surface area (Å²) in [5, 5.41) is 59.2. The molecule has 3 rings (SSSR count). The van der Waals surface area contributed by atoms with Crippen molar-refractivity contribution in [1.29, 1.82) is 0 Å².